The Morgan fingerprint density at radius 3 is 2.25 bits per heavy atom. The molecule has 1 aromatic carbocycles. The van der Waals surface area contributed by atoms with Gasteiger partial charge in [-0.25, -0.2) is 8.42 Å². The Morgan fingerprint density at radius 1 is 1.19 bits per heavy atom. The SMILES string of the molecule is CCC(C)(C)Cc1ccccc1S(C)(=O)=O. The van der Waals surface area contributed by atoms with Crippen molar-refractivity contribution in [3.8, 4) is 0 Å². The number of rotatable bonds is 4. The van der Waals surface area contributed by atoms with Gasteiger partial charge in [0.1, 0.15) is 0 Å². The molecule has 0 N–H and O–H groups in total. The van der Waals surface area contributed by atoms with Crippen LogP contribution in [0.25, 0.3) is 0 Å². The van der Waals surface area contributed by atoms with E-state index in [1.165, 1.54) is 6.26 Å². The Kier molecular flexibility index (Phi) is 3.79. The molecule has 0 bridgehead atoms. The van der Waals surface area contributed by atoms with Crippen LogP contribution in [0.15, 0.2) is 29.2 Å². The minimum atomic E-state index is -3.11. The highest BCUT2D eigenvalue weighted by atomic mass is 32.2. The molecule has 0 aromatic heterocycles. The van der Waals surface area contributed by atoms with Crippen LogP contribution >= 0.6 is 0 Å². The van der Waals surface area contributed by atoms with E-state index in [0.29, 0.717) is 4.90 Å². The van der Waals surface area contributed by atoms with Gasteiger partial charge in [-0.1, -0.05) is 45.4 Å². The molecule has 0 aliphatic carbocycles. The van der Waals surface area contributed by atoms with Crippen molar-refractivity contribution < 1.29 is 8.42 Å². The first-order chi connectivity index (χ1) is 7.26. The molecule has 1 rings (SSSR count). The average molecular weight is 240 g/mol. The van der Waals surface area contributed by atoms with E-state index in [1.807, 2.05) is 12.1 Å². The van der Waals surface area contributed by atoms with Gasteiger partial charge in [0.05, 0.1) is 4.90 Å². The smallest absolute Gasteiger partial charge is 0.175 e. The molecular formula is C13H20O2S. The van der Waals surface area contributed by atoms with Crippen molar-refractivity contribution in [2.45, 2.75) is 38.5 Å². The van der Waals surface area contributed by atoms with E-state index in [4.69, 9.17) is 0 Å². The molecule has 1 aromatic rings. The second kappa shape index (κ2) is 4.58. The summed E-state index contributed by atoms with van der Waals surface area (Å²) in [6.45, 7) is 6.45. The first kappa shape index (κ1) is 13.2. The Hall–Kier alpha value is -0.830. The molecule has 0 unspecified atom stereocenters. The van der Waals surface area contributed by atoms with Gasteiger partial charge in [0.2, 0.25) is 0 Å². The van der Waals surface area contributed by atoms with Gasteiger partial charge in [-0.2, -0.15) is 0 Å². The molecule has 2 nitrogen and oxygen atoms in total. The summed E-state index contributed by atoms with van der Waals surface area (Å²) in [4.78, 5) is 0.469. The van der Waals surface area contributed by atoms with Crippen LogP contribution in [0.3, 0.4) is 0 Å². The van der Waals surface area contributed by atoms with Crippen LogP contribution in [-0.2, 0) is 16.3 Å². The van der Waals surface area contributed by atoms with Crippen LogP contribution < -0.4 is 0 Å². The number of benzene rings is 1. The molecule has 16 heavy (non-hydrogen) atoms. The first-order valence-electron chi connectivity index (χ1n) is 5.54. The van der Waals surface area contributed by atoms with Gasteiger partial charge >= 0.3 is 0 Å². The minimum absolute atomic E-state index is 0.140. The maximum absolute atomic E-state index is 11.6. The van der Waals surface area contributed by atoms with Crippen LogP contribution in [0.5, 0.6) is 0 Å². The summed E-state index contributed by atoms with van der Waals surface area (Å²) in [5.41, 5.74) is 1.07. The molecular weight excluding hydrogens is 220 g/mol. The molecule has 0 saturated heterocycles. The topological polar surface area (TPSA) is 34.1 Å². The highest BCUT2D eigenvalue weighted by Crippen LogP contribution is 2.28. The predicted octanol–water partition coefficient (Wildman–Crippen LogP) is 3.07. The van der Waals surface area contributed by atoms with E-state index in [2.05, 4.69) is 20.8 Å². The summed E-state index contributed by atoms with van der Waals surface area (Å²) in [6.07, 6.45) is 3.10. The lowest BCUT2D eigenvalue weighted by atomic mass is 9.83. The van der Waals surface area contributed by atoms with Gasteiger partial charge in [-0.15, -0.1) is 0 Å². The quantitative estimate of drug-likeness (QED) is 0.810. The summed E-state index contributed by atoms with van der Waals surface area (Å²) < 4.78 is 23.3. The van der Waals surface area contributed by atoms with E-state index in [1.54, 1.807) is 12.1 Å². The fourth-order valence-corrected chi connectivity index (χ4v) is 2.59. The zero-order valence-corrected chi connectivity index (χ0v) is 11.3. The Bertz CT molecular complexity index is 459. The maximum atomic E-state index is 11.6. The van der Waals surface area contributed by atoms with Crippen molar-refractivity contribution in [3.63, 3.8) is 0 Å². The normalized spacial score (nSPS) is 12.8. The predicted molar refractivity (Wildman–Crippen MR) is 67.3 cm³/mol. The third-order valence-corrected chi connectivity index (χ3v) is 4.20. The monoisotopic (exact) mass is 240 g/mol. The molecule has 0 radical (unpaired) electrons. The second-order valence-electron chi connectivity index (χ2n) is 5.07. The van der Waals surface area contributed by atoms with Crippen molar-refractivity contribution >= 4 is 9.84 Å². The van der Waals surface area contributed by atoms with Gasteiger partial charge < -0.3 is 0 Å². The van der Waals surface area contributed by atoms with E-state index < -0.39 is 9.84 Å². The molecule has 0 saturated carbocycles. The third kappa shape index (κ3) is 3.34. The summed E-state index contributed by atoms with van der Waals surface area (Å²) in [6, 6.07) is 7.28. The molecule has 0 heterocycles. The molecule has 0 atom stereocenters. The van der Waals surface area contributed by atoms with Crippen molar-refractivity contribution in [1.29, 1.82) is 0 Å². The van der Waals surface area contributed by atoms with Gasteiger partial charge in [-0.3, -0.25) is 0 Å². The van der Waals surface area contributed by atoms with Gasteiger partial charge in [0.15, 0.2) is 9.84 Å². The number of hydrogen-bond donors (Lipinski definition) is 0. The molecule has 0 aliphatic rings. The molecule has 0 amide bonds. The third-order valence-electron chi connectivity index (χ3n) is 3.00. The van der Waals surface area contributed by atoms with Crippen LogP contribution in [-0.4, -0.2) is 14.7 Å². The van der Waals surface area contributed by atoms with Crippen molar-refractivity contribution in [3.05, 3.63) is 29.8 Å². The number of hydrogen-bond acceptors (Lipinski definition) is 2. The van der Waals surface area contributed by atoms with Crippen LogP contribution in [0.4, 0.5) is 0 Å². The van der Waals surface area contributed by atoms with Crippen molar-refractivity contribution in [2.24, 2.45) is 5.41 Å². The van der Waals surface area contributed by atoms with E-state index in [-0.39, 0.29) is 5.41 Å². The van der Waals surface area contributed by atoms with Gasteiger partial charge in [0.25, 0.3) is 0 Å². The van der Waals surface area contributed by atoms with E-state index in [0.717, 1.165) is 18.4 Å². The van der Waals surface area contributed by atoms with Crippen molar-refractivity contribution in [2.75, 3.05) is 6.26 Å². The first-order valence-corrected chi connectivity index (χ1v) is 7.43. The minimum Gasteiger partial charge on any atom is -0.224 e. The molecule has 3 heteroatoms. The summed E-state index contributed by atoms with van der Waals surface area (Å²) >= 11 is 0. The zero-order valence-electron chi connectivity index (χ0n) is 10.4. The highest BCUT2D eigenvalue weighted by Gasteiger charge is 2.20. The fourth-order valence-electron chi connectivity index (χ4n) is 1.65. The number of sulfone groups is 1. The average Bonchev–Trinajstić information content (AvgIpc) is 2.16. The standard InChI is InChI=1S/C13H20O2S/c1-5-13(2,3)10-11-8-6-7-9-12(11)16(4,14)15/h6-9H,5,10H2,1-4H3. The zero-order chi connectivity index (χ0) is 12.4. The van der Waals surface area contributed by atoms with Crippen LogP contribution in [0.1, 0.15) is 32.8 Å². The lowest BCUT2D eigenvalue weighted by molar-refractivity contribution is 0.347. The van der Waals surface area contributed by atoms with Crippen molar-refractivity contribution in [1.82, 2.24) is 0 Å². The summed E-state index contributed by atoms with van der Waals surface area (Å²) in [5, 5.41) is 0. The summed E-state index contributed by atoms with van der Waals surface area (Å²) in [5.74, 6) is 0. The molecule has 0 fully saturated rings. The molecule has 0 spiro atoms. The lowest BCUT2D eigenvalue weighted by Gasteiger charge is -2.23. The van der Waals surface area contributed by atoms with E-state index in [9.17, 15) is 8.42 Å². The van der Waals surface area contributed by atoms with Gasteiger partial charge in [0, 0.05) is 6.26 Å². The Balaban J connectivity index is 3.16. The Labute approximate surface area is 98.6 Å². The summed E-state index contributed by atoms with van der Waals surface area (Å²) in [7, 11) is -3.11. The largest absolute Gasteiger partial charge is 0.224 e. The second-order valence-corrected chi connectivity index (χ2v) is 7.06. The van der Waals surface area contributed by atoms with Crippen LogP contribution in [0, 0.1) is 5.41 Å². The van der Waals surface area contributed by atoms with E-state index >= 15 is 0 Å². The molecule has 90 valence electrons. The Morgan fingerprint density at radius 2 is 1.75 bits per heavy atom. The molecule has 0 aliphatic heterocycles. The fraction of sp³-hybridized carbons (Fsp3) is 0.538. The highest BCUT2D eigenvalue weighted by molar-refractivity contribution is 7.90. The van der Waals surface area contributed by atoms with Crippen LogP contribution in [0.2, 0.25) is 0 Å². The van der Waals surface area contributed by atoms with Gasteiger partial charge in [-0.05, 0) is 23.5 Å². The maximum Gasteiger partial charge on any atom is 0.175 e. The lowest BCUT2D eigenvalue weighted by Crippen LogP contribution is -2.15.